The monoisotopic (exact) mass is 562 g/mol. The number of fused-ring (bicyclic) bond motifs is 6. The lowest BCUT2D eigenvalue weighted by atomic mass is 9.95. The Bertz CT molecular complexity index is 2460. The number of furan rings is 1. The fourth-order valence-corrected chi connectivity index (χ4v) is 6.57. The third-order valence-electron chi connectivity index (χ3n) is 8.66. The van der Waals surface area contributed by atoms with Crippen LogP contribution in [0.5, 0.6) is 0 Å². The van der Waals surface area contributed by atoms with Gasteiger partial charge in [-0.05, 0) is 94.0 Å². The molecule has 0 atom stereocenters. The Morgan fingerprint density at radius 3 is 1.61 bits per heavy atom. The maximum atomic E-state index is 5.95. The van der Waals surface area contributed by atoms with Crippen molar-refractivity contribution in [3.63, 3.8) is 0 Å². The highest BCUT2D eigenvalue weighted by Gasteiger charge is 2.13. The predicted molar refractivity (Wildman–Crippen MR) is 182 cm³/mol. The zero-order valence-electron chi connectivity index (χ0n) is 23.8. The minimum Gasteiger partial charge on any atom is -0.438 e. The van der Waals surface area contributed by atoms with E-state index >= 15 is 0 Å². The van der Waals surface area contributed by atoms with Gasteiger partial charge in [0.05, 0.1) is 11.0 Å². The number of pyridine rings is 1. The Labute approximate surface area is 254 Å². The number of aromatic nitrogens is 2. The number of hydrogen-bond acceptors (Lipinski definition) is 2. The van der Waals surface area contributed by atoms with E-state index in [-0.39, 0.29) is 0 Å². The molecular formula is C41H26N2O. The molecule has 0 unspecified atom stereocenters. The summed E-state index contributed by atoms with van der Waals surface area (Å²) >= 11 is 0. The van der Waals surface area contributed by atoms with Crippen molar-refractivity contribution in [1.82, 2.24) is 9.55 Å². The van der Waals surface area contributed by atoms with Crippen LogP contribution in [0.2, 0.25) is 0 Å². The summed E-state index contributed by atoms with van der Waals surface area (Å²) in [6, 6.07) is 54.2. The molecule has 9 rings (SSSR count). The van der Waals surface area contributed by atoms with Crippen LogP contribution in [0.4, 0.5) is 0 Å². The van der Waals surface area contributed by atoms with E-state index in [1.165, 1.54) is 49.6 Å². The topological polar surface area (TPSA) is 31.0 Å². The molecule has 0 aliphatic carbocycles. The van der Waals surface area contributed by atoms with Crippen LogP contribution in [0.1, 0.15) is 0 Å². The lowest BCUT2D eigenvalue weighted by Crippen LogP contribution is -1.94. The fourth-order valence-electron chi connectivity index (χ4n) is 6.57. The number of rotatable bonds is 4. The van der Waals surface area contributed by atoms with Gasteiger partial charge in [0, 0.05) is 33.4 Å². The molecule has 0 spiro atoms. The first kappa shape index (κ1) is 24.6. The minimum absolute atomic E-state index is 0.674. The van der Waals surface area contributed by atoms with Crippen molar-refractivity contribution < 1.29 is 4.42 Å². The van der Waals surface area contributed by atoms with Crippen LogP contribution in [0, 0.1) is 0 Å². The average Bonchev–Trinajstić information content (AvgIpc) is 3.64. The van der Waals surface area contributed by atoms with Gasteiger partial charge in [0.25, 0.3) is 0 Å². The Morgan fingerprint density at radius 1 is 0.409 bits per heavy atom. The highest BCUT2D eigenvalue weighted by Crippen LogP contribution is 2.36. The lowest BCUT2D eigenvalue weighted by Gasteiger charge is -2.12. The number of para-hydroxylation sites is 2. The first-order chi connectivity index (χ1) is 21.8. The van der Waals surface area contributed by atoms with E-state index in [2.05, 4.69) is 149 Å². The standard InChI is InChI=1S/C41H26N2O/c1-3-18-38-34(15-1)35-16-2-4-19-39(35)43(38)33-14-7-13-31(25-33)29-11-5-9-27(23-29)28-10-6-12-30(24-28)32-20-21-40-37(26-32)36-17-8-22-42-41(36)44-40/h1-26H. The predicted octanol–water partition coefficient (Wildman–Crippen LogP) is 11.1. The van der Waals surface area contributed by atoms with Gasteiger partial charge in [-0.2, -0.15) is 0 Å². The van der Waals surface area contributed by atoms with Gasteiger partial charge in [-0.1, -0.05) is 91.0 Å². The summed E-state index contributed by atoms with van der Waals surface area (Å²) in [5.41, 5.74) is 12.2. The molecule has 6 aromatic carbocycles. The molecule has 0 bridgehead atoms. The number of nitrogens with zero attached hydrogens (tertiary/aromatic N) is 2. The summed E-state index contributed by atoms with van der Waals surface area (Å²) in [4.78, 5) is 4.39. The normalized spacial score (nSPS) is 11.6. The molecule has 206 valence electrons. The van der Waals surface area contributed by atoms with Crippen LogP contribution in [-0.4, -0.2) is 9.55 Å². The summed E-state index contributed by atoms with van der Waals surface area (Å²) in [6.45, 7) is 0. The van der Waals surface area contributed by atoms with E-state index < -0.39 is 0 Å². The highest BCUT2D eigenvalue weighted by molar-refractivity contribution is 6.09. The Balaban J connectivity index is 1.11. The molecule has 0 radical (unpaired) electrons. The largest absolute Gasteiger partial charge is 0.438 e. The first-order valence-electron chi connectivity index (χ1n) is 14.9. The van der Waals surface area contributed by atoms with Crippen molar-refractivity contribution in [3.05, 3.63) is 158 Å². The maximum absolute atomic E-state index is 5.95. The third-order valence-corrected chi connectivity index (χ3v) is 8.66. The van der Waals surface area contributed by atoms with Crippen LogP contribution in [0.15, 0.2) is 162 Å². The highest BCUT2D eigenvalue weighted by atomic mass is 16.3. The summed E-state index contributed by atoms with van der Waals surface area (Å²) < 4.78 is 8.33. The van der Waals surface area contributed by atoms with Gasteiger partial charge >= 0.3 is 0 Å². The number of benzene rings is 6. The molecule has 0 aliphatic rings. The Morgan fingerprint density at radius 2 is 0.955 bits per heavy atom. The molecule has 0 amide bonds. The maximum Gasteiger partial charge on any atom is 0.227 e. The molecule has 44 heavy (non-hydrogen) atoms. The Kier molecular flexibility index (Phi) is 5.50. The van der Waals surface area contributed by atoms with E-state index in [0.717, 1.165) is 27.6 Å². The zero-order chi connectivity index (χ0) is 29.0. The molecule has 3 nitrogen and oxygen atoms in total. The quantitative estimate of drug-likeness (QED) is 0.214. The third kappa shape index (κ3) is 3.94. The van der Waals surface area contributed by atoms with Crippen molar-refractivity contribution in [2.45, 2.75) is 0 Å². The lowest BCUT2D eigenvalue weighted by molar-refractivity contribution is 0.654. The van der Waals surface area contributed by atoms with Crippen LogP contribution in [-0.2, 0) is 0 Å². The van der Waals surface area contributed by atoms with Gasteiger partial charge in [0.15, 0.2) is 0 Å². The van der Waals surface area contributed by atoms with Crippen molar-refractivity contribution in [1.29, 1.82) is 0 Å². The molecule has 0 fully saturated rings. The molecule has 0 saturated heterocycles. The van der Waals surface area contributed by atoms with Crippen LogP contribution in [0.3, 0.4) is 0 Å². The van der Waals surface area contributed by atoms with Gasteiger partial charge in [-0.3, -0.25) is 0 Å². The van der Waals surface area contributed by atoms with Gasteiger partial charge < -0.3 is 8.98 Å². The molecule has 9 aromatic rings. The molecule has 0 N–H and O–H groups in total. The second-order valence-corrected chi connectivity index (χ2v) is 11.3. The molecule has 3 heteroatoms. The van der Waals surface area contributed by atoms with E-state index in [1.54, 1.807) is 6.20 Å². The molecule has 3 heterocycles. The fraction of sp³-hybridized carbons (Fsp3) is 0. The minimum atomic E-state index is 0.674. The second kappa shape index (κ2) is 9.82. The zero-order valence-corrected chi connectivity index (χ0v) is 23.8. The van der Waals surface area contributed by atoms with Gasteiger partial charge in [-0.15, -0.1) is 0 Å². The summed E-state index contributed by atoms with van der Waals surface area (Å²) in [6.07, 6.45) is 1.77. The molecule has 0 saturated carbocycles. The van der Waals surface area contributed by atoms with E-state index in [4.69, 9.17) is 4.42 Å². The summed E-state index contributed by atoms with van der Waals surface area (Å²) in [5, 5.41) is 4.66. The Hall–Kier alpha value is -5.93. The average molecular weight is 563 g/mol. The van der Waals surface area contributed by atoms with Crippen molar-refractivity contribution in [2.75, 3.05) is 0 Å². The number of hydrogen-bond donors (Lipinski definition) is 0. The second-order valence-electron chi connectivity index (χ2n) is 11.3. The van der Waals surface area contributed by atoms with Crippen LogP contribution < -0.4 is 0 Å². The smallest absolute Gasteiger partial charge is 0.227 e. The van der Waals surface area contributed by atoms with Crippen LogP contribution in [0.25, 0.3) is 82.9 Å². The summed E-state index contributed by atoms with van der Waals surface area (Å²) in [7, 11) is 0. The van der Waals surface area contributed by atoms with Gasteiger partial charge in [-0.25, -0.2) is 4.98 Å². The van der Waals surface area contributed by atoms with E-state index in [9.17, 15) is 0 Å². The van der Waals surface area contributed by atoms with Crippen LogP contribution >= 0.6 is 0 Å². The van der Waals surface area contributed by atoms with Gasteiger partial charge in [0.1, 0.15) is 5.58 Å². The van der Waals surface area contributed by atoms with E-state index in [1.807, 2.05) is 12.1 Å². The van der Waals surface area contributed by atoms with Crippen molar-refractivity contribution in [2.24, 2.45) is 0 Å². The van der Waals surface area contributed by atoms with Crippen molar-refractivity contribution >= 4 is 43.9 Å². The first-order valence-corrected chi connectivity index (χ1v) is 14.9. The molecular weight excluding hydrogens is 536 g/mol. The van der Waals surface area contributed by atoms with E-state index in [0.29, 0.717) is 5.71 Å². The van der Waals surface area contributed by atoms with Crippen molar-refractivity contribution in [3.8, 4) is 39.1 Å². The summed E-state index contributed by atoms with van der Waals surface area (Å²) in [5.74, 6) is 0. The van der Waals surface area contributed by atoms with Gasteiger partial charge in [0.2, 0.25) is 5.71 Å². The SMILES string of the molecule is c1cc(-c2cccc(-c3ccc4oc5ncccc5c4c3)c2)cc(-c2cccc(-n3c4ccccc4c4ccccc43)c2)c1. The molecule has 0 aliphatic heterocycles. The molecule has 3 aromatic heterocycles.